The summed E-state index contributed by atoms with van der Waals surface area (Å²) in [4.78, 5) is 23.6. The van der Waals surface area contributed by atoms with Crippen molar-refractivity contribution in [3.63, 3.8) is 0 Å². The lowest BCUT2D eigenvalue weighted by Gasteiger charge is -2.21. The zero-order valence-electron chi connectivity index (χ0n) is 10.9. The number of hydrogen-bond donors (Lipinski definition) is 2. The Morgan fingerprint density at radius 3 is 2.30 bits per heavy atom. The van der Waals surface area contributed by atoms with Gasteiger partial charge in [-0.3, -0.25) is 9.59 Å². The molecule has 0 spiro atoms. The van der Waals surface area contributed by atoms with E-state index < -0.39 is 30.0 Å². The fraction of sp³-hybridized carbons (Fsp3) is 0.333. The van der Waals surface area contributed by atoms with Crippen molar-refractivity contribution in [3.8, 4) is 0 Å². The largest absolute Gasteiger partial charge is 0.481 e. The monoisotopic (exact) mass is 273 g/mol. The first-order valence-corrected chi connectivity index (χ1v) is 6.50. The maximum atomic E-state index is 12.3. The van der Waals surface area contributed by atoms with Gasteiger partial charge in [0.1, 0.15) is 5.92 Å². The summed E-state index contributed by atoms with van der Waals surface area (Å²) in [6.45, 7) is 1.96. The van der Waals surface area contributed by atoms with Crippen LogP contribution in [0.1, 0.15) is 5.56 Å². The number of carboxylic acids is 1. The van der Waals surface area contributed by atoms with Crippen molar-refractivity contribution in [1.82, 2.24) is 0 Å². The second kappa shape index (κ2) is 4.76. The molecule has 2 aliphatic rings. The van der Waals surface area contributed by atoms with E-state index in [4.69, 9.17) is 4.74 Å². The highest BCUT2D eigenvalue weighted by Crippen LogP contribution is 2.39. The molecule has 1 aromatic rings. The maximum Gasteiger partial charge on any atom is 0.310 e. The van der Waals surface area contributed by atoms with Crippen LogP contribution in [0.4, 0.5) is 5.69 Å². The molecule has 20 heavy (non-hydrogen) atoms. The summed E-state index contributed by atoms with van der Waals surface area (Å²) in [5, 5.41) is 12.0. The average Bonchev–Trinajstić information content (AvgIpc) is 3.01. The number of ether oxygens (including phenoxy) is 1. The van der Waals surface area contributed by atoms with Gasteiger partial charge in [-0.2, -0.15) is 0 Å². The first-order chi connectivity index (χ1) is 9.56. The molecular formula is C15H15NO4. The van der Waals surface area contributed by atoms with Crippen molar-refractivity contribution in [3.05, 3.63) is 42.0 Å². The van der Waals surface area contributed by atoms with Crippen molar-refractivity contribution in [1.29, 1.82) is 0 Å². The highest BCUT2D eigenvalue weighted by atomic mass is 16.5. The minimum Gasteiger partial charge on any atom is -0.481 e. The molecule has 0 radical (unpaired) electrons. The first-order valence-electron chi connectivity index (χ1n) is 6.50. The van der Waals surface area contributed by atoms with Crippen LogP contribution in [-0.4, -0.2) is 29.2 Å². The van der Waals surface area contributed by atoms with Crippen molar-refractivity contribution in [2.75, 3.05) is 5.32 Å². The lowest BCUT2D eigenvalue weighted by atomic mass is 9.82. The number of nitrogens with one attached hydrogen (secondary N) is 1. The SMILES string of the molecule is Cc1ccc(NC(=O)[C@@H]2[C@@H](C(=O)O)[C@@H]3C=C[C@@H]2O3)cc1. The van der Waals surface area contributed by atoms with Crippen LogP contribution in [-0.2, 0) is 14.3 Å². The molecule has 0 saturated carbocycles. The van der Waals surface area contributed by atoms with Gasteiger partial charge in [0.05, 0.1) is 18.1 Å². The van der Waals surface area contributed by atoms with Crippen molar-refractivity contribution < 1.29 is 19.4 Å². The normalized spacial score (nSPS) is 30.4. The fourth-order valence-corrected chi connectivity index (χ4v) is 2.78. The van der Waals surface area contributed by atoms with Crippen LogP contribution in [0.25, 0.3) is 0 Å². The van der Waals surface area contributed by atoms with Crippen LogP contribution in [0.5, 0.6) is 0 Å². The Kier molecular flexibility index (Phi) is 3.06. The summed E-state index contributed by atoms with van der Waals surface area (Å²) in [6, 6.07) is 7.38. The van der Waals surface area contributed by atoms with Crippen LogP contribution < -0.4 is 5.32 Å². The molecule has 4 atom stereocenters. The number of aryl methyl sites for hydroxylation is 1. The number of benzene rings is 1. The second-order valence-electron chi connectivity index (χ2n) is 5.20. The Bertz CT molecular complexity index is 578. The van der Waals surface area contributed by atoms with E-state index >= 15 is 0 Å². The van der Waals surface area contributed by atoms with Crippen molar-refractivity contribution >= 4 is 17.6 Å². The zero-order valence-corrected chi connectivity index (χ0v) is 10.9. The van der Waals surface area contributed by atoms with Crippen LogP contribution in [0.3, 0.4) is 0 Å². The Morgan fingerprint density at radius 1 is 1.10 bits per heavy atom. The standard InChI is InChI=1S/C15H15NO4/c1-8-2-4-9(5-3-8)16-14(17)12-10-6-7-11(20-10)13(12)15(18)19/h2-7,10-13H,1H3,(H,16,17)(H,18,19)/t10-,11-,12-,13-/m0/s1. The predicted octanol–water partition coefficient (Wildman–Crippen LogP) is 1.59. The van der Waals surface area contributed by atoms with Gasteiger partial charge in [0.15, 0.2) is 0 Å². The van der Waals surface area contributed by atoms with Crippen LogP contribution >= 0.6 is 0 Å². The van der Waals surface area contributed by atoms with Gasteiger partial charge < -0.3 is 15.2 Å². The molecule has 1 aromatic carbocycles. The molecule has 0 aliphatic carbocycles. The molecule has 1 amide bonds. The molecule has 3 rings (SSSR count). The van der Waals surface area contributed by atoms with Gasteiger partial charge in [0, 0.05) is 5.69 Å². The van der Waals surface area contributed by atoms with Gasteiger partial charge in [-0.05, 0) is 19.1 Å². The molecule has 0 aromatic heterocycles. The van der Waals surface area contributed by atoms with E-state index in [1.807, 2.05) is 19.1 Å². The molecule has 0 unspecified atom stereocenters. The Morgan fingerprint density at radius 2 is 1.70 bits per heavy atom. The highest BCUT2D eigenvalue weighted by Gasteiger charge is 2.53. The van der Waals surface area contributed by atoms with Crippen LogP contribution in [0.15, 0.2) is 36.4 Å². The third kappa shape index (κ3) is 2.10. The average molecular weight is 273 g/mol. The van der Waals surface area contributed by atoms with Crippen LogP contribution in [0.2, 0.25) is 0 Å². The summed E-state index contributed by atoms with van der Waals surface area (Å²) in [7, 11) is 0. The zero-order chi connectivity index (χ0) is 14.3. The number of carbonyl (C=O) groups is 2. The number of aliphatic carboxylic acids is 1. The molecule has 2 N–H and O–H groups in total. The van der Waals surface area contributed by atoms with E-state index in [0.29, 0.717) is 5.69 Å². The predicted molar refractivity (Wildman–Crippen MR) is 72.2 cm³/mol. The number of carboxylic acid groups (broad SMARTS) is 1. The molecule has 1 fully saturated rings. The minimum atomic E-state index is -0.995. The van der Waals surface area contributed by atoms with Crippen molar-refractivity contribution in [2.24, 2.45) is 11.8 Å². The van der Waals surface area contributed by atoms with E-state index in [-0.39, 0.29) is 5.91 Å². The Labute approximate surface area is 116 Å². The van der Waals surface area contributed by atoms with Gasteiger partial charge >= 0.3 is 5.97 Å². The number of hydrogen-bond acceptors (Lipinski definition) is 3. The molecule has 5 heteroatoms. The minimum absolute atomic E-state index is 0.307. The number of fused-ring (bicyclic) bond motifs is 2. The van der Waals surface area contributed by atoms with E-state index in [9.17, 15) is 14.7 Å². The quantitative estimate of drug-likeness (QED) is 0.820. The third-order valence-corrected chi connectivity index (χ3v) is 3.81. The lowest BCUT2D eigenvalue weighted by molar-refractivity contribution is -0.145. The smallest absolute Gasteiger partial charge is 0.310 e. The van der Waals surface area contributed by atoms with Gasteiger partial charge in [0.2, 0.25) is 5.91 Å². The number of amides is 1. The summed E-state index contributed by atoms with van der Waals surface area (Å²) in [5.41, 5.74) is 1.76. The Balaban J connectivity index is 1.78. The summed E-state index contributed by atoms with van der Waals surface area (Å²) >= 11 is 0. The fourth-order valence-electron chi connectivity index (χ4n) is 2.78. The van der Waals surface area contributed by atoms with Crippen molar-refractivity contribution in [2.45, 2.75) is 19.1 Å². The van der Waals surface area contributed by atoms with Gasteiger partial charge in [0.25, 0.3) is 0 Å². The number of carbonyl (C=O) groups excluding carboxylic acids is 1. The molecule has 2 aliphatic heterocycles. The summed E-state index contributed by atoms with van der Waals surface area (Å²) in [5.74, 6) is -2.79. The Hall–Kier alpha value is -2.14. The molecular weight excluding hydrogens is 258 g/mol. The van der Waals surface area contributed by atoms with E-state index in [2.05, 4.69) is 5.32 Å². The highest BCUT2D eigenvalue weighted by molar-refractivity contribution is 5.96. The number of rotatable bonds is 3. The van der Waals surface area contributed by atoms with E-state index in [0.717, 1.165) is 5.56 Å². The second-order valence-corrected chi connectivity index (χ2v) is 5.20. The maximum absolute atomic E-state index is 12.3. The molecule has 1 saturated heterocycles. The van der Waals surface area contributed by atoms with E-state index in [1.165, 1.54) is 0 Å². The molecule has 2 heterocycles. The number of anilines is 1. The first kappa shape index (κ1) is 12.9. The van der Waals surface area contributed by atoms with Gasteiger partial charge in [-0.25, -0.2) is 0 Å². The molecule has 5 nitrogen and oxygen atoms in total. The molecule has 2 bridgehead atoms. The van der Waals surface area contributed by atoms with Gasteiger partial charge in [-0.15, -0.1) is 0 Å². The summed E-state index contributed by atoms with van der Waals surface area (Å²) in [6.07, 6.45) is 2.56. The van der Waals surface area contributed by atoms with Gasteiger partial charge in [-0.1, -0.05) is 29.8 Å². The third-order valence-electron chi connectivity index (χ3n) is 3.81. The van der Waals surface area contributed by atoms with Crippen LogP contribution in [0, 0.1) is 18.8 Å². The molecule has 104 valence electrons. The van der Waals surface area contributed by atoms with E-state index in [1.54, 1.807) is 24.3 Å². The summed E-state index contributed by atoms with van der Waals surface area (Å²) < 4.78 is 5.48. The topological polar surface area (TPSA) is 75.6 Å². The lowest BCUT2D eigenvalue weighted by Crippen LogP contribution is -2.39.